The van der Waals surface area contributed by atoms with E-state index in [9.17, 15) is 8.42 Å². The van der Waals surface area contributed by atoms with E-state index < -0.39 is 54.4 Å². The molecule has 13 heavy (non-hydrogen) atoms. The Kier molecular flexibility index (Phi) is 1.13. The van der Waals surface area contributed by atoms with E-state index in [0.29, 0.717) is 0 Å². The molecule has 2 saturated heterocycles. The first-order valence-electron chi connectivity index (χ1n) is 6.82. The highest BCUT2D eigenvalue weighted by atomic mass is 32.2. The molecule has 1 spiro atoms. The molecule has 6 nitrogen and oxygen atoms in total. The monoisotopic (exact) mass is 236 g/mol. The second-order valence-corrected chi connectivity index (χ2v) is 3.38. The third-order valence-electron chi connectivity index (χ3n) is 1.05. The third-order valence-corrected chi connectivity index (χ3v) is 1.93. The van der Waals surface area contributed by atoms with Crippen LogP contribution in [0.25, 0.3) is 0 Å². The van der Waals surface area contributed by atoms with Crippen molar-refractivity contribution in [3.63, 3.8) is 0 Å². The molecule has 0 radical (unpaired) electrons. The van der Waals surface area contributed by atoms with E-state index in [0.717, 1.165) is 0 Å². The van der Waals surface area contributed by atoms with Gasteiger partial charge in [-0.05, 0) is 0 Å². The molecule has 0 atom stereocenters. The van der Waals surface area contributed by atoms with Gasteiger partial charge in [-0.25, -0.2) is 0 Å². The summed E-state index contributed by atoms with van der Waals surface area (Å²) in [5, 5.41) is 0. The van der Waals surface area contributed by atoms with Crippen molar-refractivity contribution in [2.75, 3.05) is 26.2 Å². The molecule has 0 amide bonds. The van der Waals surface area contributed by atoms with Crippen molar-refractivity contribution in [2.24, 2.45) is 5.41 Å². The lowest BCUT2D eigenvalue weighted by atomic mass is 9.93. The summed E-state index contributed by atoms with van der Waals surface area (Å²) in [5.41, 5.74) is -3.54. The van der Waals surface area contributed by atoms with E-state index in [1.807, 2.05) is 0 Å². The minimum absolute atomic E-state index is 2.95. The van der Waals surface area contributed by atoms with E-state index in [2.05, 4.69) is 16.7 Å². The van der Waals surface area contributed by atoms with Crippen molar-refractivity contribution >= 4 is 22.7 Å². The van der Waals surface area contributed by atoms with E-state index >= 15 is 0 Å². The van der Waals surface area contributed by atoms with Gasteiger partial charge in [0.05, 0.1) is 42.6 Å². The minimum atomic E-state index is -3.54. The van der Waals surface area contributed by atoms with Gasteiger partial charge in [0.2, 0.25) is 0 Å². The molecule has 2 heterocycles. The van der Waals surface area contributed by atoms with Crippen LogP contribution >= 0.6 is 0 Å². The Bertz CT molecular complexity index is 432. The first-order chi connectivity index (χ1) is 9.20. The van der Waals surface area contributed by atoms with Crippen molar-refractivity contribution < 1.29 is 36.1 Å². The van der Waals surface area contributed by atoms with Crippen molar-refractivity contribution in [3.05, 3.63) is 0 Å². The normalized spacial score (nSPS) is 71.1. The highest BCUT2D eigenvalue weighted by Gasteiger charge is 2.41. The van der Waals surface area contributed by atoms with Gasteiger partial charge in [-0.15, -0.1) is 0 Å². The fraction of sp³-hybridized carbons (Fsp3) is 1.00. The second kappa shape index (κ2) is 3.71. The maximum atomic E-state index is 11.2. The van der Waals surface area contributed by atoms with Crippen LogP contribution < -0.4 is 0 Å². The quantitative estimate of drug-likeness (QED) is 0.549. The van der Waals surface area contributed by atoms with Gasteiger partial charge >= 0.3 is 22.7 Å². The first kappa shape index (κ1) is 3.95. The number of hydrogen-bond acceptors (Lipinski definition) is 6. The molecule has 0 saturated carbocycles. The summed E-state index contributed by atoms with van der Waals surface area (Å²) in [5.74, 6) is 0. The average molecular weight is 236 g/mol. The summed E-state index contributed by atoms with van der Waals surface area (Å²) >= 11 is -5.90. The van der Waals surface area contributed by atoms with Crippen LogP contribution in [0.2, 0.25) is 0 Å². The molecule has 8 heteroatoms. The summed E-state index contributed by atoms with van der Waals surface area (Å²) in [6.45, 7) is -14.1. The lowest BCUT2D eigenvalue weighted by Gasteiger charge is -2.36. The Morgan fingerprint density at radius 3 is 1.54 bits per heavy atom. The van der Waals surface area contributed by atoms with Crippen LogP contribution in [0.1, 0.15) is 11.0 Å². The van der Waals surface area contributed by atoms with E-state index in [1.54, 1.807) is 0 Å². The fourth-order valence-corrected chi connectivity index (χ4v) is 1.39. The maximum absolute atomic E-state index is 11.2. The molecule has 0 aliphatic carbocycles. The molecule has 2 fully saturated rings. The molecule has 0 aromatic heterocycles. The van der Waals surface area contributed by atoms with Gasteiger partial charge in [0, 0.05) is 0 Å². The Hall–Kier alpha value is 0.140. The van der Waals surface area contributed by atoms with E-state index in [4.69, 9.17) is 11.0 Å². The summed E-state index contributed by atoms with van der Waals surface area (Å²) < 4.78 is 100. The van der Waals surface area contributed by atoms with Crippen LogP contribution in [0.3, 0.4) is 0 Å². The van der Waals surface area contributed by atoms with Crippen LogP contribution in [0.15, 0.2) is 0 Å². The van der Waals surface area contributed by atoms with Gasteiger partial charge in [0.1, 0.15) is 0 Å². The van der Waals surface area contributed by atoms with Crippen molar-refractivity contribution in [2.45, 2.75) is 0 Å². The Labute approximate surface area is 91.5 Å². The van der Waals surface area contributed by atoms with Crippen LogP contribution in [-0.2, 0) is 39.5 Å². The van der Waals surface area contributed by atoms with Gasteiger partial charge in [0.25, 0.3) is 0 Å². The van der Waals surface area contributed by atoms with Gasteiger partial charge in [-0.3, -0.25) is 16.7 Å². The van der Waals surface area contributed by atoms with Gasteiger partial charge in [0.15, 0.2) is 0 Å². The van der Waals surface area contributed by atoms with E-state index in [-0.39, 0.29) is 0 Å². The topological polar surface area (TPSA) is 71.1 Å². The van der Waals surface area contributed by atoms with Crippen LogP contribution in [0, 0.1) is 5.41 Å². The number of hydrogen-bond donors (Lipinski definition) is 0. The minimum Gasteiger partial charge on any atom is -0.268 e. The maximum Gasteiger partial charge on any atom is 0.304 e. The van der Waals surface area contributed by atoms with Crippen molar-refractivity contribution in [1.82, 2.24) is 0 Å². The zero-order chi connectivity index (χ0) is 16.5. The van der Waals surface area contributed by atoms with Crippen molar-refractivity contribution in [1.29, 1.82) is 0 Å². The fourth-order valence-electron chi connectivity index (χ4n) is 0.545. The Morgan fingerprint density at radius 1 is 0.923 bits per heavy atom. The SMILES string of the molecule is [2H]C1([2H])OS(=O)OC([2H])([2H])C12C([2H])([2H])OS(=O)OC2([2H])[2H]. The summed E-state index contributed by atoms with van der Waals surface area (Å²) in [6, 6.07) is 0. The predicted molar refractivity (Wildman–Crippen MR) is 42.5 cm³/mol. The highest BCUT2D eigenvalue weighted by Crippen LogP contribution is 2.28. The molecular weight excluding hydrogens is 220 g/mol. The molecule has 2 aliphatic rings. The van der Waals surface area contributed by atoms with Gasteiger partial charge in [-0.2, -0.15) is 8.42 Å². The zero-order valence-electron chi connectivity index (χ0n) is 13.8. The zero-order valence-corrected chi connectivity index (χ0v) is 7.40. The Balaban J connectivity index is 2.80. The van der Waals surface area contributed by atoms with Crippen molar-refractivity contribution in [3.8, 4) is 0 Å². The van der Waals surface area contributed by atoms with Crippen LogP contribution in [0.4, 0.5) is 0 Å². The predicted octanol–water partition coefficient (Wildman–Crippen LogP) is -0.776. The molecule has 0 bridgehead atoms. The summed E-state index contributed by atoms with van der Waals surface area (Å²) in [7, 11) is 0. The average Bonchev–Trinajstić information content (AvgIpc) is 2.05. The largest absolute Gasteiger partial charge is 0.304 e. The summed E-state index contributed by atoms with van der Waals surface area (Å²) in [4.78, 5) is 0. The molecule has 0 unspecified atom stereocenters. The summed E-state index contributed by atoms with van der Waals surface area (Å²) in [6.07, 6.45) is 0. The first-order valence-corrected chi connectivity index (χ1v) is 4.82. The third kappa shape index (κ3) is 2.14. The highest BCUT2D eigenvalue weighted by molar-refractivity contribution is 7.75. The lowest BCUT2D eigenvalue weighted by Crippen LogP contribution is -2.48. The molecular formula is C5H8O6S2. The molecule has 0 aromatic carbocycles. The van der Waals surface area contributed by atoms with Crippen LogP contribution in [-0.4, -0.2) is 34.7 Å². The van der Waals surface area contributed by atoms with Crippen LogP contribution in [0.5, 0.6) is 0 Å². The number of rotatable bonds is 0. The molecule has 2 aliphatic heterocycles. The Morgan fingerprint density at radius 2 is 1.23 bits per heavy atom. The standard InChI is InChI=1S/C5H8O6S2/c6-12-8-1-5(2-9-12)3-10-13(7)11-4-5/h1-4H2/i1D2,2D2,3D2,4D2. The van der Waals surface area contributed by atoms with Gasteiger partial charge < -0.3 is 0 Å². The lowest BCUT2D eigenvalue weighted by molar-refractivity contribution is -0.0474. The molecule has 0 N–H and O–H groups in total. The van der Waals surface area contributed by atoms with E-state index in [1.165, 1.54) is 0 Å². The molecule has 0 aromatic rings. The smallest absolute Gasteiger partial charge is 0.268 e. The van der Waals surface area contributed by atoms with Gasteiger partial charge in [-0.1, -0.05) is 0 Å². The second-order valence-electron chi connectivity index (χ2n) is 1.90. The molecule has 76 valence electrons. The molecule has 2 rings (SSSR count).